The van der Waals surface area contributed by atoms with Crippen LogP contribution in [0.4, 0.5) is 5.69 Å². The third kappa shape index (κ3) is 8.33. The third-order valence-corrected chi connectivity index (χ3v) is 8.63. The van der Waals surface area contributed by atoms with Crippen LogP contribution in [0.3, 0.4) is 0 Å². The van der Waals surface area contributed by atoms with Gasteiger partial charge in [0, 0.05) is 53.9 Å². The van der Waals surface area contributed by atoms with Gasteiger partial charge in [0.15, 0.2) is 0 Å². The minimum Gasteiger partial charge on any atom is -0.354 e. The van der Waals surface area contributed by atoms with Crippen LogP contribution in [0.15, 0.2) is 73.1 Å². The van der Waals surface area contributed by atoms with Gasteiger partial charge < -0.3 is 19.6 Å². The number of aromatic amines is 1. The van der Waals surface area contributed by atoms with E-state index in [1.807, 2.05) is 12.5 Å². The lowest BCUT2D eigenvalue weighted by molar-refractivity contribution is 0.609. The van der Waals surface area contributed by atoms with Crippen molar-refractivity contribution in [1.29, 1.82) is 0 Å². The van der Waals surface area contributed by atoms with Crippen LogP contribution in [-0.4, -0.2) is 33.9 Å². The number of nitrogens with zero attached hydrogens (tertiary/aromatic N) is 2. The number of nitrogens with one attached hydrogen (secondary N) is 3. The summed E-state index contributed by atoms with van der Waals surface area (Å²) in [6.07, 6.45) is 13.8. The summed E-state index contributed by atoms with van der Waals surface area (Å²) in [5.41, 5.74) is 11.6. The number of imidazole rings is 1. The van der Waals surface area contributed by atoms with Gasteiger partial charge in [-0.3, -0.25) is 0 Å². The summed E-state index contributed by atoms with van der Waals surface area (Å²) in [6.45, 7) is 9.66. The second-order valence-electron chi connectivity index (χ2n) is 11.8. The minimum atomic E-state index is 0.852. The van der Waals surface area contributed by atoms with Gasteiger partial charge in [-0.05, 0) is 118 Å². The summed E-state index contributed by atoms with van der Waals surface area (Å²) in [5, 5.41) is 5.07. The number of hydrogen-bond acceptors (Lipinski definition) is 4. The molecule has 0 aliphatic heterocycles. The monoisotopic (exact) mass is 593 g/mol. The number of anilines is 1. The number of hydrogen-bond donors (Lipinski definition) is 3. The highest BCUT2D eigenvalue weighted by Gasteiger charge is 2.15. The number of aryl methyl sites for hydroxylation is 4. The molecule has 226 valence electrons. The molecule has 2 heterocycles. The average Bonchev–Trinajstić information content (AvgIpc) is 3.60. The van der Waals surface area contributed by atoms with E-state index in [-0.39, 0.29) is 0 Å². The van der Waals surface area contributed by atoms with Crippen molar-refractivity contribution in [3.05, 3.63) is 107 Å². The molecule has 0 aliphatic rings. The predicted molar refractivity (Wildman–Crippen MR) is 186 cm³/mol. The standard InChI is InChI=1S/C37H47N5S/c1-5-6-20-42-21-19-39-36(42)26-30-12-15-35-34(25-30)33(37(40-35)31-23-27(2)22-28(3)24-31)16-18-38-17-8-7-9-29-10-13-32(14-11-29)41-43-4/h10-15,19,21-25,38,40-41H,5-9,16-18,20,26H2,1-4H3. The molecule has 5 aromatic rings. The van der Waals surface area contributed by atoms with Gasteiger partial charge in [0.25, 0.3) is 0 Å². The number of aromatic nitrogens is 3. The van der Waals surface area contributed by atoms with Gasteiger partial charge in [0.2, 0.25) is 0 Å². The Labute approximate surface area is 262 Å². The Hall–Kier alpha value is -3.48. The first-order valence-electron chi connectivity index (χ1n) is 15.8. The number of rotatable bonds is 16. The smallest absolute Gasteiger partial charge is 0.113 e. The van der Waals surface area contributed by atoms with Crippen molar-refractivity contribution in [2.45, 2.75) is 72.3 Å². The van der Waals surface area contributed by atoms with Crippen LogP contribution in [0.5, 0.6) is 0 Å². The van der Waals surface area contributed by atoms with Crippen LogP contribution in [0, 0.1) is 13.8 Å². The molecule has 3 aromatic carbocycles. The zero-order chi connectivity index (χ0) is 30.0. The molecule has 2 aromatic heterocycles. The molecule has 0 atom stereocenters. The van der Waals surface area contributed by atoms with Gasteiger partial charge in [0.1, 0.15) is 5.82 Å². The van der Waals surface area contributed by atoms with Crippen LogP contribution >= 0.6 is 11.9 Å². The maximum Gasteiger partial charge on any atom is 0.113 e. The van der Waals surface area contributed by atoms with Crippen LogP contribution in [0.25, 0.3) is 22.2 Å². The summed E-state index contributed by atoms with van der Waals surface area (Å²) in [4.78, 5) is 8.49. The van der Waals surface area contributed by atoms with E-state index in [0.717, 1.165) is 44.7 Å². The Morgan fingerprint density at radius 1 is 0.860 bits per heavy atom. The van der Waals surface area contributed by atoms with E-state index < -0.39 is 0 Å². The second kappa shape index (κ2) is 15.3. The molecule has 5 nitrogen and oxygen atoms in total. The Bertz CT molecular complexity index is 1580. The maximum absolute atomic E-state index is 4.70. The number of H-pyrrole nitrogens is 1. The highest BCUT2D eigenvalue weighted by atomic mass is 32.2. The molecule has 0 saturated carbocycles. The summed E-state index contributed by atoms with van der Waals surface area (Å²) >= 11 is 1.63. The van der Waals surface area contributed by atoms with Crippen LogP contribution < -0.4 is 10.0 Å². The van der Waals surface area contributed by atoms with Gasteiger partial charge in [-0.15, -0.1) is 0 Å². The van der Waals surface area contributed by atoms with Crippen molar-refractivity contribution in [3.63, 3.8) is 0 Å². The van der Waals surface area contributed by atoms with E-state index in [1.165, 1.54) is 81.3 Å². The van der Waals surface area contributed by atoms with E-state index >= 15 is 0 Å². The molecule has 0 fully saturated rings. The van der Waals surface area contributed by atoms with E-state index in [9.17, 15) is 0 Å². The van der Waals surface area contributed by atoms with E-state index in [4.69, 9.17) is 4.98 Å². The Kier molecular flexibility index (Phi) is 11.0. The molecule has 0 radical (unpaired) electrons. The lowest BCUT2D eigenvalue weighted by Crippen LogP contribution is -2.18. The highest BCUT2D eigenvalue weighted by Crippen LogP contribution is 2.33. The zero-order valence-corrected chi connectivity index (χ0v) is 27.1. The Balaban J connectivity index is 1.27. The molecule has 0 aliphatic carbocycles. The van der Waals surface area contributed by atoms with E-state index in [2.05, 4.69) is 107 Å². The van der Waals surface area contributed by atoms with Crippen molar-refractivity contribution >= 4 is 28.5 Å². The molecule has 3 N–H and O–H groups in total. The molecule has 0 spiro atoms. The van der Waals surface area contributed by atoms with E-state index in [0.29, 0.717) is 0 Å². The fourth-order valence-electron chi connectivity index (χ4n) is 6.03. The van der Waals surface area contributed by atoms with Crippen molar-refractivity contribution < 1.29 is 0 Å². The summed E-state index contributed by atoms with van der Waals surface area (Å²) in [7, 11) is 0. The van der Waals surface area contributed by atoms with Crippen molar-refractivity contribution in [2.24, 2.45) is 0 Å². The molecular weight excluding hydrogens is 547 g/mol. The first-order valence-corrected chi connectivity index (χ1v) is 17.1. The third-order valence-electron chi connectivity index (χ3n) is 8.19. The number of unbranched alkanes of at least 4 members (excludes halogenated alkanes) is 2. The molecule has 43 heavy (non-hydrogen) atoms. The SMILES string of the molecule is CCCCn1ccnc1Cc1ccc2[nH]c(-c3cc(C)cc(C)c3)c(CCNCCCCc3ccc(NSC)cc3)c2c1. The fraction of sp³-hybridized carbons (Fsp3) is 0.378. The van der Waals surface area contributed by atoms with Crippen molar-refractivity contribution in [2.75, 3.05) is 24.1 Å². The largest absolute Gasteiger partial charge is 0.354 e. The van der Waals surface area contributed by atoms with Crippen molar-refractivity contribution in [1.82, 2.24) is 19.9 Å². The lowest BCUT2D eigenvalue weighted by Gasteiger charge is -2.10. The molecule has 5 rings (SSSR count). The quantitative estimate of drug-likeness (QED) is 0.0790. The highest BCUT2D eigenvalue weighted by molar-refractivity contribution is 7.99. The molecule has 0 bridgehead atoms. The second-order valence-corrected chi connectivity index (χ2v) is 12.4. The maximum atomic E-state index is 4.70. The zero-order valence-electron chi connectivity index (χ0n) is 26.3. The summed E-state index contributed by atoms with van der Waals surface area (Å²) < 4.78 is 5.60. The predicted octanol–water partition coefficient (Wildman–Crippen LogP) is 8.88. The summed E-state index contributed by atoms with van der Waals surface area (Å²) in [6, 6.07) is 22.6. The number of fused-ring (bicyclic) bond motifs is 1. The minimum absolute atomic E-state index is 0.852. The van der Waals surface area contributed by atoms with Crippen LogP contribution in [-0.2, 0) is 25.8 Å². The molecular formula is C37H47N5S. The first-order chi connectivity index (χ1) is 21.0. The van der Waals surface area contributed by atoms with Crippen molar-refractivity contribution in [3.8, 4) is 11.3 Å². The molecule has 0 amide bonds. The topological polar surface area (TPSA) is 57.7 Å². The van der Waals surface area contributed by atoms with Gasteiger partial charge in [-0.2, -0.15) is 0 Å². The fourth-order valence-corrected chi connectivity index (χ4v) is 6.40. The average molecular weight is 594 g/mol. The van der Waals surface area contributed by atoms with Crippen LogP contribution in [0.2, 0.25) is 0 Å². The van der Waals surface area contributed by atoms with Gasteiger partial charge >= 0.3 is 0 Å². The summed E-state index contributed by atoms with van der Waals surface area (Å²) in [5.74, 6) is 1.15. The van der Waals surface area contributed by atoms with Gasteiger partial charge in [-0.1, -0.05) is 60.7 Å². The lowest BCUT2D eigenvalue weighted by atomic mass is 9.98. The Morgan fingerprint density at radius 2 is 1.65 bits per heavy atom. The van der Waals surface area contributed by atoms with E-state index in [1.54, 1.807) is 11.9 Å². The van der Waals surface area contributed by atoms with Crippen LogP contribution in [0.1, 0.15) is 66.2 Å². The number of benzene rings is 3. The molecule has 0 unspecified atom stereocenters. The molecule has 0 saturated heterocycles. The molecule has 6 heteroatoms. The van der Waals surface area contributed by atoms with Gasteiger partial charge in [-0.25, -0.2) is 4.98 Å². The normalized spacial score (nSPS) is 11.4. The first kappa shape index (κ1) is 31.0. The Morgan fingerprint density at radius 3 is 2.42 bits per heavy atom. The van der Waals surface area contributed by atoms with Gasteiger partial charge in [0.05, 0.1) is 0 Å².